The summed E-state index contributed by atoms with van der Waals surface area (Å²) in [6.07, 6.45) is 4.41. The van der Waals surface area contributed by atoms with Crippen LogP contribution in [0.15, 0.2) is 36.4 Å². The number of rotatable bonds is 10. The fourth-order valence-corrected chi connectivity index (χ4v) is 2.66. The second-order valence-electron chi connectivity index (χ2n) is 5.92. The minimum Gasteiger partial charge on any atom is -0.493 e. The molecular weight excluding hydrogens is 417 g/mol. The van der Waals surface area contributed by atoms with E-state index in [9.17, 15) is 9.90 Å². The summed E-state index contributed by atoms with van der Waals surface area (Å²) in [5.41, 5.74) is 0.928. The van der Waals surface area contributed by atoms with E-state index in [0.29, 0.717) is 40.3 Å². The van der Waals surface area contributed by atoms with Crippen molar-refractivity contribution < 1.29 is 24.1 Å². The summed E-state index contributed by atoms with van der Waals surface area (Å²) in [5, 5.41) is 13.3. The number of aliphatic hydroxyl groups is 1. The minimum absolute atomic E-state index is 0.147. The molecule has 0 spiro atoms. The third-order valence-electron chi connectivity index (χ3n) is 3.85. The molecule has 1 atom stereocenters. The summed E-state index contributed by atoms with van der Waals surface area (Å²) in [5.74, 6) is 3.37. The quantitative estimate of drug-likeness (QED) is 0.558. The summed E-state index contributed by atoms with van der Waals surface area (Å²) >= 11 is 11.7. The van der Waals surface area contributed by atoms with Gasteiger partial charge in [-0.3, -0.25) is 4.79 Å². The van der Waals surface area contributed by atoms with Crippen molar-refractivity contribution >= 4 is 29.1 Å². The summed E-state index contributed by atoms with van der Waals surface area (Å²) < 4.78 is 16.0. The topological polar surface area (TPSA) is 77.0 Å². The number of aliphatic hydroxyl groups excluding tert-OH is 1. The van der Waals surface area contributed by atoms with Crippen molar-refractivity contribution in [1.29, 1.82) is 0 Å². The van der Waals surface area contributed by atoms with Crippen LogP contribution in [0, 0.1) is 12.3 Å². The number of halogens is 2. The van der Waals surface area contributed by atoms with E-state index in [0.717, 1.165) is 5.56 Å². The Bertz CT molecular complexity index is 882. The van der Waals surface area contributed by atoms with Crippen LogP contribution in [0.2, 0.25) is 10.0 Å². The molecule has 29 heavy (non-hydrogen) atoms. The second-order valence-corrected chi connectivity index (χ2v) is 6.74. The first-order valence-electron chi connectivity index (χ1n) is 8.71. The zero-order valence-electron chi connectivity index (χ0n) is 15.8. The van der Waals surface area contributed by atoms with Crippen LogP contribution in [0.25, 0.3) is 0 Å². The van der Waals surface area contributed by atoms with Gasteiger partial charge in [0.1, 0.15) is 19.0 Å². The molecule has 2 rings (SSSR count). The van der Waals surface area contributed by atoms with E-state index in [1.165, 1.54) is 13.2 Å². The predicted molar refractivity (Wildman–Crippen MR) is 112 cm³/mol. The SMILES string of the molecule is C#CCOc1ccc(CCNC(=O)C(O)COc2ccc(Cl)c(Cl)c2)cc1OC. The van der Waals surface area contributed by atoms with Gasteiger partial charge in [-0.05, 0) is 36.2 Å². The molecule has 0 aliphatic carbocycles. The van der Waals surface area contributed by atoms with Gasteiger partial charge in [-0.25, -0.2) is 0 Å². The van der Waals surface area contributed by atoms with Crippen molar-refractivity contribution in [3.63, 3.8) is 0 Å². The van der Waals surface area contributed by atoms with Gasteiger partial charge in [-0.15, -0.1) is 6.42 Å². The zero-order valence-corrected chi connectivity index (χ0v) is 17.3. The predicted octanol–water partition coefficient (Wildman–Crippen LogP) is 3.11. The minimum atomic E-state index is -1.32. The molecule has 0 aromatic heterocycles. The third-order valence-corrected chi connectivity index (χ3v) is 4.59. The third kappa shape index (κ3) is 7.06. The summed E-state index contributed by atoms with van der Waals surface area (Å²) in [6, 6.07) is 10.1. The number of methoxy groups -OCH3 is 1. The number of ether oxygens (including phenoxy) is 3. The number of carbonyl (C=O) groups excluding carboxylic acids is 1. The lowest BCUT2D eigenvalue weighted by molar-refractivity contribution is -0.130. The molecule has 2 aromatic rings. The maximum absolute atomic E-state index is 12.0. The van der Waals surface area contributed by atoms with Crippen molar-refractivity contribution in [1.82, 2.24) is 5.32 Å². The Morgan fingerprint density at radius 3 is 2.66 bits per heavy atom. The maximum Gasteiger partial charge on any atom is 0.252 e. The number of carbonyl (C=O) groups is 1. The molecule has 6 nitrogen and oxygen atoms in total. The molecule has 0 radical (unpaired) electrons. The molecule has 8 heteroatoms. The van der Waals surface area contributed by atoms with Crippen LogP contribution < -0.4 is 19.5 Å². The molecule has 154 valence electrons. The molecule has 1 unspecified atom stereocenters. The van der Waals surface area contributed by atoms with Gasteiger partial charge in [0.2, 0.25) is 0 Å². The average molecular weight is 438 g/mol. The number of hydrogen-bond donors (Lipinski definition) is 2. The Morgan fingerprint density at radius 1 is 1.17 bits per heavy atom. The van der Waals surface area contributed by atoms with Crippen molar-refractivity contribution in [3.05, 3.63) is 52.0 Å². The zero-order chi connectivity index (χ0) is 21.2. The Morgan fingerprint density at radius 2 is 1.97 bits per heavy atom. The fourth-order valence-electron chi connectivity index (χ4n) is 2.37. The van der Waals surface area contributed by atoms with E-state index < -0.39 is 12.0 Å². The Hall–Kier alpha value is -2.59. The summed E-state index contributed by atoms with van der Waals surface area (Å²) in [7, 11) is 1.54. The fraction of sp³-hybridized carbons (Fsp3) is 0.286. The lowest BCUT2D eigenvalue weighted by Crippen LogP contribution is -2.39. The molecule has 2 aromatic carbocycles. The van der Waals surface area contributed by atoms with E-state index in [1.807, 2.05) is 12.1 Å². The Balaban J connectivity index is 1.79. The molecule has 0 fully saturated rings. The molecule has 0 bridgehead atoms. The highest BCUT2D eigenvalue weighted by Gasteiger charge is 2.16. The Labute approximate surface area is 179 Å². The normalized spacial score (nSPS) is 11.3. The van der Waals surface area contributed by atoms with Crippen LogP contribution in [-0.2, 0) is 11.2 Å². The van der Waals surface area contributed by atoms with E-state index >= 15 is 0 Å². The van der Waals surface area contributed by atoms with Crippen LogP contribution in [0.1, 0.15) is 5.56 Å². The van der Waals surface area contributed by atoms with Crippen molar-refractivity contribution in [2.45, 2.75) is 12.5 Å². The first-order chi connectivity index (χ1) is 13.9. The average Bonchev–Trinajstić information content (AvgIpc) is 2.73. The highest BCUT2D eigenvalue weighted by molar-refractivity contribution is 6.42. The second kappa shape index (κ2) is 11.4. The van der Waals surface area contributed by atoms with E-state index in [2.05, 4.69) is 11.2 Å². The molecule has 2 N–H and O–H groups in total. The van der Waals surface area contributed by atoms with E-state index in [4.69, 9.17) is 43.8 Å². The smallest absolute Gasteiger partial charge is 0.252 e. The number of terminal acetylenes is 1. The van der Waals surface area contributed by atoms with Gasteiger partial charge in [0.25, 0.3) is 5.91 Å². The van der Waals surface area contributed by atoms with Gasteiger partial charge >= 0.3 is 0 Å². The van der Waals surface area contributed by atoms with Gasteiger partial charge in [0.15, 0.2) is 17.6 Å². The molecule has 0 aliphatic rings. The number of hydrogen-bond acceptors (Lipinski definition) is 5. The lowest BCUT2D eigenvalue weighted by Gasteiger charge is -2.14. The molecule has 0 saturated heterocycles. The van der Waals surface area contributed by atoms with Gasteiger partial charge in [-0.1, -0.05) is 35.2 Å². The Kier molecular flexibility index (Phi) is 8.94. The van der Waals surface area contributed by atoms with Crippen LogP contribution in [-0.4, -0.2) is 44.0 Å². The van der Waals surface area contributed by atoms with Crippen molar-refractivity contribution in [3.8, 4) is 29.6 Å². The van der Waals surface area contributed by atoms with E-state index in [-0.39, 0.29) is 13.2 Å². The number of benzene rings is 2. The summed E-state index contributed by atoms with van der Waals surface area (Å²) in [6.45, 7) is 0.267. The molecule has 1 amide bonds. The monoisotopic (exact) mass is 437 g/mol. The van der Waals surface area contributed by atoms with Crippen LogP contribution in [0.5, 0.6) is 17.2 Å². The number of amides is 1. The maximum atomic E-state index is 12.0. The first-order valence-corrected chi connectivity index (χ1v) is 9.47. The van der Waals surface area contributed by atoms with Gasteiger partial charge in [-0.2, -0.15) is 0 Å². The summed E-state index contributed by atoms with van der Waals surface area (Å²) in [4.78, 5) is 12.0. The first kappa shape index (κ1) is 22.7. The number of nitrogens with one attached hydrogen (secondary N) is 1. The molecular formula is C21H21Cl2NO5. The van der Waals surface area contributed by atoms with Gasteiger partial charge in [0.05, 0.1) is 17.2 Å². The van der Waals surface area contributed by atoms with Gasteiger partial charge < -0.3 is 24.6 Å². The largest absolute Gasteiger partial charge is 0.493 e. The van der Waals surface area contributed by atoms with Crippen LogP contribution >= 0.6 is 23.2 Å². The van der Waals surface area contributed by atoms with Gasteiger partial charge in [0, 0.05) is 12.6 Å². The molecule has 0 heterocycles. The van der Waals surface area contributed by atoms with Crippen molar-refractivity contribution in [2.24, 2.45) is 0 Å². The van der Waals surface area contributed by atoms with E-state index in [1.54, 1.807) is 18.2 Å². The van der Waals surface area contributed by atoms with Crippen LogP contribution in [0.3, 0.4) is 0 Å². The lowest BCUT2D eigenvalue weighted by atomic mass is 10.1. The molecule has 0 aliphatic heterocycles. The highest BCUT2D eigenvalue weighted by atomic mass is 35.5. The highest BCUT2D eigenvalue weighted by Crippen LogP contribution is 2.28. The molecule has 0 saturated carbocycles. The van der Waals surface area contributed by atoms with Crippen molar-refractivity contribution in [2.75, 3.05) is 26.9 Å². The van der Waals surface area contributed by atoms with Crippen LogP contribution in [0.4, 0.5) is 0 Å². The standard InChI is InChI=1S/C21H21Cl2NO5/c1-3-10-28-19-7-4-14(11-20(19)27-2)8-9-24-21(26)18(25)13-29-15-5-6-16(22)17(23)12-15/h1,4-7,11-12,18,25H,8-10,13H2,2H3,(H,24,26).